The molecular formula is C14H20N2O. The molecule has 3 nitrogen and oxygen atoms in total. The third kappa shape index (κ3) is 3.05. The fourth-order valence-electron chi connectivity index (χ4n) is 2.14. The van der Waals surface area contributed by atoms with E-state index in [9.17, 15) is 4.79 Å². The highest BCUT2D eigenvalue weighted by Gasteiger charge is 2.24. The molecule has 0 unspecified atom stereocenters. The van der Waals surface area contributed by atoms with Crippen LogP contribution in [0.3, 0.4) is 0 Å². The summed E-state index contributed by atoms with van der Waals surface area (Å²) in [6.07, 6.45) is 3.32. The Balaban J connectivity index is 2.05. The maximum Gasteiger partial charge on any atom is 0.223 e. The molecule has 0 radical (unpaired) electrons. The van der Waals surface area contributed by atoms with Gasteiger partial charge in [0.15, 0.2) is 0 Å². The molecule has 1 amide bonds. The Morgan fingerprint density at radius 1 is 1.47 bits per heavy atom. The van der Waals surface area contributed by atoms with Crippen molar-refractivity contribution in [3.05, 3.63) is 29.6 Å². The van der Waals surface area contributed by atoms with Gasteiger partial charge in [0.05, 0.1) is 0 Å². The molecule has 0 spiro atoms. The fourth-order valence-corrected chi connectivity index (χ4v) is 2.14. The smallest absolute Gasteiger partial charge is 0.223 e. The number of carbonyl (C=O) groups excluding carboxylic acids is 1. The standard InChI is InChI=1S/C14H20N2O/c1-14(2,3)9-13(17)16-8-6-12-11(10-16)5-4-7-15-12/h4-5,7H,6,8-10H2,1-3H3. The molecule has 17 heavy (non-hydrogen) atoms. The second-order valence-corrected chi connectivity index (χ2v) is 5.91. The first-order valence-corrected chi connectivity index (χ1v) is 6.16. The first-order valence-electron chi connectivity index (χ1n) is 6.16. The molecule has 0 fully saturated rings. The number of rotatable bonds is 1. The van der Waals surface area contributed by atoms with Crippen molar-refractivity contribution in [2.75, 3.05) is 6.54 Å². The van der Waals surface area contributed by atoms with Gasteiger partial charge in [-0.05, 0) is 17.0 Å². The van der Waals surface area contributed by atoms with E-state index in [4.69, 9.17) is 0 Å². The zero-order valence-electron chi connectivity index (χ0n) is 10.9. The second-order valence-electron chi connectivity index (χ2n) is 5.91. The minimum absolute atomic E-state index is 0.0618. The molecule has 2 heterocycles. The molecule has 0 atom stereocenters. The van der Waals surface area contributed by atoms with Gasteiger partial charge < -0.3 is 4.90 Å². The van der Waals surface area contributed by atoms with Crippen molar-refractivity contribution < 1.29 is 4.79 Å². The van der Waals surface area contributed by atoms with Crippen LogP contribution in [0.4, 0.5) is 0 Å². The lowest BCUT2D eigenvalue weighted by Crippen LogP contribution is -2.37. The third-order valence-corrected chi connectivity index (χ3v) is 3.00. The highest BCUT2D eigenvalue weighted by atomic mass is 16.2. The normalized spacial score (nSPS) is 15.6. The van der Waals surface area contributed by atoms with Crippen LogP contribution in [-0.2, 0) is 17.8 Å². The Morgan fingerprint density at radius 3 is 2.94 bits per heavy atom. The van der Waals surface area contributed by atoms with Gasteiger partial charge in [0.25, 0.3) is 0 Å². The summed E-state index contributed by atoms with van der Waals surface area (Å²) in [5.41, 5.74) is 2.40. The second kappa shape index (κ2) is 4.47. The van der Waals surface area contributed by atoms with Gasteiger partial charge >= 0.3 is 0 Å². The predicted octanol–water partition coefficient (Wildman–Crippen LogP) is 2.40. The van der Waals surface area contributed by atoms with Crippen molar-refractivity contribution in [1.29, 1.82) is 0 Å². The average Bonchev–Trinajstić information content (AvgIpc) is 2.26. The minimum Gasteiger partial charge on any atom is -0.338 e. The highest BCUT2D eigenvalue weighted by Crippen LogP contribution is 2.23. The fraction of sp³-hybridized carbons (Fsp3) is 0.571. The molecule has 1 aromatic rings. The summed E-state index contributed by atoms with van der Waals surface area (Å²) in [4.78, 5) is 18.4. The van der Waals surface area contributed by atoms with Crippen LogP contribution in [-0.4, -0.2) is 22.3 Å². The lowest BCUT2D eigenvalue weighted by molar-refractivity contribution is -0.134. The van der Waals surface area contributed by atoms with Crippen LogP contribution in [0.1, 0.15) is 38.4 Å². The highest BCUT2D eigenvalue weighted by molar-refractivity contribution is 5.77. The van der Waals surface area contributed by atoms with E-state index in [-0.39, 0.29) is 11.3 Å². The predicted molar refractivity (Wildman–Crippen MR) is 67.4 cm³/mol. The lowest BCUT2D eigenvalue weighted by atomic mass is 9.91. The van der Waals surface area contributed by atoms with Gasteiger partial charge in [0.2, 0.25) is 5.91 Å². The van der Waals surface area contributed by atoms with Gasteiger partial charge in [-0.2, -0.15) is 0 Å². The SMILES string of the molecule is CC(C)(C)CC(=O)N1CCc2ncccc2C1. The van der Waals surface area contributed by atoms with Crippen LogP contribution < -0.4 is 0 Å². The molecule has 0 saturated heterocycles. The summed E-state index contributed by atoms with van der Waals surface area (Å²) in [7, 11) is 0. The van der Waals surface area contributed by atoms with Gasteiger partial charge in [-0.1, -0.05) is 26.8 Å². The maximum absolute atomic E-state index is 12.1. The van der Waals surface area contributed by atoms with Crippen LogP contribution in [0.2, 0.25) is 0 Å². The molecule has 1 aliphatic rings. The average molecular weight is 232 g/mol. The van der Waals surface area contributed by atoms with Gasteiger partial charge in [-0.3, -0.25) is 9.78 Å². The number of amides is 1. The molecule has 1 aliphatic heterocycles. The van der Waals surface area contributed by atoms with E-state index in [1.54, 1.807) is 0 Å². The number of carbonyl (C=O) groups is 1. The van der Waals surface area contributed by atoms with Crippen LogP contribution in [0.15, 0.2) is 18.3 Å². The van der Waals surface area contributed by atoms with Crippen molar-refractivity contribution in [2.24, 2.45) is 5.41 Å². The Morgan fingerprint density at radius 2 is 2.24 bits per heavy atom. The van der Waals surface area contributed by atoms with Crippen LogP contribution in [0.25, 0.3) is 0 Å². The van der Waals surface area contributed by atoms with E-state index in [0.717, 1.165) is 25.2 Å². The van der Waals surface area contributed by atoms with Crippen molar-refractivity contribution in [3.63, 3.8) is 0 Å². The molecule has 1 aromatic heterocycles. The van der Waals surface area contributed by atoms with Crippen molar-refractivity contribution in [2.45, 2.75) is 40.2 Å². The lowest BCUT2D eigenvalue weighted by Gasteiger charge is -2.30. The molecule has 0 aromatic carbocycles. The number of hydrogen-bond donors (Lipinski definition) is 0. The van der Waals surface area contributed by atoms with Gasteiger partial charge in [0.1, 0.15) is 0 Å². The molecule has 0 aliphatic carbocycles. The molecule has 0 saturated carbocycles. The summed E-state index contributed by atoms with van der Waals surface area (Å²) >= 11 is 0. The summed E-state index contributed by atoms with van der Waals surface area (Å²) in [6.45, 7) is 7.83. The molecular weight excluding hydrogens is 212 g/mol. The molecule has 92 valence electrons. The van der Waals surface area contributed by atoms with Crippen LogP contribution in [0, 0.1) is 5.41 Å². The Kier molecular flexibility index (Phi) is 3.18. The summed E-state index contributed by atoms with van der Waals surface area (Å²) in [6, 6.07) is 4.01. The minimum atomic E-state index is 0.0618. The molecule has 3 heteroatoms. The summed E-state index contributed by atoms with van der Waals surface area (Å²) in [5.74, 6) is 0.256. The van der Waals surface area contributed by atoms with E-state index < -0.39 is 0 Å². The topological polar surface area (TPSA) is 33.2 Å². The van der Waals surface area contributed by atoms with E-state index >= 15 is 0 Å². The zero-order valence-corrected chi connectivity index (χ0v) is 10.9. The van der Waals surface area contributed by atoms with E-state index in [1.807, 2.05) is 17.2 Å². The van der Waals surface area contributed by atoms with Gasteiger partial charge in [-0.25, -0.2) is 0 Å². The Hall–Kier alpha value is -1.38. The van der Waals surface area contributed by atoms with E-state index in [1.165, 1.54) is 5.56 Å². The zero-order chi connectivity index (χ0) is 12.5. The van der Waals surface area contributed by atoms with Gasteiger partial charge in [0, 0.05) is 37.8 Å². The van der Waals surface area contributed by atoms with E-state index in [2.05, 4.69) is 31.8 Å². The largest absolute Gasteiger partial charge is 0.338 e. The van der Waals surface area contributed by atoms with Gasteiger partial charge in [-0.15, -0.1) is 0 Å². The van der Waals surface area contributed by atoms with Crippen molar-refractivity contribution in [1.82, 2.24) is 9.88 Å². The maximum atomic E-state index is 12.1. The number of nitrogens with zero attached hydrogens (tertiary/aromatic N) is 2. The first-order chi connectivity index (χ1) is 7.96. The molecule has 2 rings (SSSR count). The van der Waals surface area contributed by atoms with Crippen LogP contribution >= 0.6 is 0 Å². The number of hydrogen-bond acceptors (Lipinski definition) is 2. The summed E-state index contributed by atoms with van der Waals surface area (Å²) < 4.78 is 0. The van der Waals surface area contributed by atoms with Crippen molar-refractivity contribution in [3.8, 4) is 0 Å². The Bertz CT molecular complexity index is 420. The first kappa shape index (κ1) is 12.1. The number of aromatic nitrogens is 1. The quantitative estimate of drug-likeness (QED) is 0.745. The number of pyridine rings is 1. The van der Waals surface area contributed by atoms with Crippen molar-refractivity contribution >= 4 is 5.91 Å². The molecule has 0 bridgehead atoms. The summed E-state index contributed by atoms with van der Waals surface area (Å²) in [5, 5.41) is 0. The number of fused-ring (bicyclic) bond motifs is 1. The van der Waals surface area contributed by atoms with Crippen LogP contribution in [0.5, 0.6) is 0 Å². The third-order valence-electron chi connectivity index (χ3n) is 3.00. The molecule has 0 N–H and O–H groups in total. The monoisotopic (exact) mass is 232 g/mol. The Labute approximate surface area is 103 Å². The van der Waals surface area contributed by atoms with E-state index in [0.29, 0.717) is 6.42 Å².